The molecule has 6 nitrogen and oxygen atoms in total. The van der Waals surface area contributed by atoms with Crippen LogP contribution in [0.25, 0.3) is 0 Å². The largest absolute Gasteiger partial charge is 0.477 e. The van der Waals surface area contributed by atoms with E-state index in [1.807, 2.05) is 4.90 Å². The number of rotatable bonds is 3. The minimum Gasteiger partial charge on any atom is -0.477 e. The molecule has 1 aliphatic heterocycles. The number of carbonyl (C=O) groups is 1. The fourth-order valence-electron chi connectivity index (χ4n) is 2.46. The summed E-state index contributed by atoms with van der Waals surface area (Å²) in [5.41, 5.74) is -0.115. The zero-order chi connectivity index (χ0) is 13.8. The molecule has 1 saturated heterocycles. The number of carboxylic acid groups (broad SMARTS) is 1. The SMILES string of the molecule is O=C(O)c1cccc(N2CCCCCC2)c1[N+](=O)[O-]. The minimum absolute atomic E-state index is 0.244. The Labute approximate surface area is 110 Å². The van der Waals surface area contributed by atoms with Gasteiger partial charge in [-0.2, -0.15) is 0 Å². The number of nitro groups is 1. The molecule has 6 heteroatoms. The molecule has 19 heavy (non-hydrogen) atoms. The first-order chi connectivity index (χ1) is 9.11. The molecule has 0 radical (unpaired) electrons. The molecule has 1 N–H and O–H groups in total. The maximum atomic E-state index is 11.2. The Kier molecular flexibility index (Phi) is 3.99. The van der Waals surface area contributed by atoms with Crippen LogP contribution in [0.4, 0.5) is 11.4 Å². The molecule has 0 unspecified atom stereocenters. The van der Waals surface area contributed by atoms with Crippen LogP contribution in [0.3, 0.4) is 0 Å². The number of hydrogen-bond donors (Lipinski definition) is 1. The second-order valence-electron chi connectivity index (χ2n) is 4.64. The van der Waals surface area contributed by atoms with Crippen LogP contribution in [0.5, 0.6) is 0 Å². The van der Waals surface area contributed by atoms with Crippen molar-refractivity contribution in [3.8, 4) is 0 Å². The Balaban J connectivity index is 2.46. The lowest BCUT2D eigenvalue weighted by Crippen LogP contribution is -2.25. The molecule has 1 heterocycles. The van der Waals surface area contributed by atoms with Gasteiger partial charge in [0.1, 0.15) is 11.3 Å². The lowest BCUT2D eigenvalue weighted by Gasteiger charge is -2.22. The smallest absolute Gasteiger partial charge is 0.342 e. The fraction of sp³-hybridized carbons (Fsp3) is 0.462. The predicted octanol–water partition coefficient (Wildman–Crippen LogP) is 2.67. The van der Waals surface area contributed by atoms with E-state index in [0.29, 0.717) is 5.69 Å². The highest BCUT2D eigenvalue weighted by atomic mass is 16.6. The van der Waals surface area contributed by atoms with Crippen LogP contribution in [0.1, 0.15) is 36.0 Å². The number of benzene rings is 1. The van der Waals surface area contributed by atoms with E-state index in [-0.39, 0.29) is 11.3 Å². The Morgan fingerprint density at radius 1 is 1.21 bits per heavy atom. The number of nitro benzene ring substituents is 1. The lowest BCUT2D eigenvalue weighted by atomic mass is 10.1. The van der Waals surface area contributed by atoms with Gasteiger partial charge in [0.2, 0.25) is 0 Å². The van der Waals surface area contributed by atoms with E-state index in [9.17, 15) is 14.9 Å². The van der Waals surface area contributed by atoms with E-state index in [1.165, 1.54) is 6.07 Å². The molecular formula is C13H16N2O4. The zero-order valence-corrected chi connectivity index (χ0v) is 10.5. The third-order valence-corrected chi connectivity index (χ3v) is 3.37. The van der Waals surface area contributed by atoms with Gasteiger partial charge in [0, 0.05) is 13.1 Å². The van der Waals surface area contributed by atoms with Crippen LogP contribution >= 0.6 is 0 Å². The molecule has 0 atom stereocenters. The summed E-state index contributed by atoms with van der Waals surface area (Å²) in [5.74, 6) is -1.26. The van der Waals surface area contributed by atoms with Gasteiger partial charge in [-0.1, -0.05) is 18.9 Å². The van der Waals surface area contributed by atoms with E-state index in [4.69, 9.17) is 5.11 Å². The van der Waals surface area contributed by atoms with Crippen molar-refractivity contribution in [2.75, 3.05) is 18.0 Å². The first kappa shape index (κ1) is 13.3. The summed E-state index contributed by atoms with van der Waals surface area (Å²) in [7, 11) is 0. The molecule has 0 saturated carbocycles. The molecule has 0 spiro atoms. The van der Waals surface area contributed by atoms with Crippen molar-refractivity contribution in [1.29, 1.82) is 0 Å². The summed E-state index contributed by atoms with van der Waals surface area (Å²) >= 11 is 0. The number of para-hydroxylation sites is 1. The van der Waals surface area contributed by atoms with Gasteiger partial charge in [-0.3, -0.25) is 10.1 Å². The third kappa shape index (κ3) is 2.83. The van der Waals surface area contributed by atoms with Crippen molar-refractivity contribution in [3.63, 3.8) is 0 Å². The summed E-state index contributed by atoms with van der Waals surface area (Å²) in [5, 5.41) is 20.3. The van der Waals surface area contributed by atoms with Gasteiger partial charge >= 0.3 is 11.7 Å². The van der Waals surface area contributed by atoms with Gasteiger partial charge in [-0.05, 0) is 25.0 Å². The molecule has 1 aromatic rings. The zero-order valence-electron chi connectivity index (χ0n) is 10.5. The average Bonchev–Trinajstić information content (AvgIpc) is 2.66. The van der Waals surface area contributed by atoms with Crippen molar-refractivity contribution in [1.82, 2.24) is 0 Å². The highest BCUT2D eigenvalue weighted by molar-refractivity contribution is 5.95. The maximum Gasteiger partial charge on any atom is 0.342 e. The summed E-state index contributed by atoms with van der Waals surface area (Å²) in [6.07, 6.45) is 4.19. The number of hydrogen-bond acceptors (Lipinski definition) is 4. The summed E-state index contributed by atoms with van der Waals surface area (Å²) in [4.78, 5) is 23.6. The maximum absolute atomic E-state index is 11.2. The van der Waals surface area contributed by atoms with Crippen molar-refractivity contribution >= 4 is 17.3 Å². The Bertz CT molecular complexity index is 493. The van der Waals surface area contributed by atoms with Crippen LogP contribution in [-0.2, 0) is 0 Å². The lowest BCUT2D eigenvalue weighted by molar-refractivity contribution is -0.384. The number of nitrogens with zero attached hydrogens (tertiary/aromatic N) is 2. The number of carboxylic acids is 1. The Hall–Kier alpha value is -2.11. The second-order valence-corrected chi connectivity index (χ2v) is 4.64. The minimum atomic E-state index is -1.26. The highest BCUT2D eigenvalue weighted by Crippen LogP contribution is 2.33. The summed E-state index contributed by atoms with van der Waals surface area (Å²) in [6.45, 7) is 1.48. The quantitative estimate of drug-likeness (QED) is 0.670. The monoisotopic (exact) mass is 264 g/mol. The van der Waals surface area contributed by atoms with Gasteiger partial charge in [-0.25, -0.2) is 4.79 Å². The molecule has 0 aromatic heterocycles. The molecule has 2 rings (SSSR count). The van der Waals surface area contributed by atoms with E-state index < -0.39 is 10.9 Å². The third-order valence-electron chi connectivity index (χ3n) is 3.37. The summed E-state index contributed by atoms with van der Waals surface area (Å²) in [6, 6.07) is 4.48. The van der Waals surface area contributed by atoms with Crippen LogP contribution < -0.4 is 4.90 Å². The van der Waals surface area contributed by atoms with Crippen LogP contribution in [0.2, 0.25) is 0 Å². The molecule has 1 aliphatic rings. The van der Waals surface area contributed by atoms with Gasteiger partial charge in [0.25, 0.3) is 0 Å². The average molecular weight is 264 g/mol. The Morgan fingerprint density at radius 2 is 1.84 bits per heavy atom. The summed E-state index contributed by atoms with van der Waals surface area (Å²) < 4.78 is 0. The van der Waals surface area contributed by atoms with Gasteiger partial charge < -0.3 is 10.0 Å². The molecule has 1 fully saturated rings. The van der Waals surface area contributed by atoms with Crippen LogP contribution in [-0.4, -0.2) is 29.1 Å². The van der Waals surface area contributed by atoms with Crippen molar-refractivity contribution in [2.24, 2.45) is 0 Å². The van der Waals surface area contributed by atoms with Crippen molar-refractivity contribution < 1.29 is 14.8 Å². The molecule has 0 bridgehead atoms. The van der Waals surface area contributed by atoms with Crippen LogP contribution in [0, 0.1) is 10.1 Å². The molecule has 1 aromatic carbocycles. The first-order valence-electron chi connectivity index (χ1n) is 6.37. The van der Waals surface area contributed by atoms with Gasteiger partial charge in [0.15, 0.2) is 0 Å². The van der Waals surface area contributed by atoms with Crippen LogP contribution in [0.15, 0.2) is 18.2 Å². The van der Waals surface area contributed by atoms with E-state index in [1.54, 1.807) is 12.1 Å². The van der Waals surface area contributed by atoms with Crippen molar-refractivity contribution in [3.05, 3.63) is 33.9 Å². The molecule has 0 aliphatic carbocycles. The highest BCUT2D eigenvalue weighted by Gasteiger charge is 2.27. The van der Waals surface area contributed by atoms with Gasteiger partial charge in [0.05, 0.1) is 4.92 Å². The normalized spacial score (nSPS) is 15.9. The van der Waals surface area contributed by atoms with E-state index in [0.717, 1.165) is 38.8 Å². The Morgan fingerprint density at radius 3 is 2.37 bits per heavy atom. The van der Waals surface area contributed by atoms with E-state index in [2.05, 4.69) is 0 Å². The predicted molar refractivity (Wildman–Crippen MR) is 70.7 cm³/mol. The molecular weight excluding hydrogens is 248 g/mol. The fourth-order valence-corrected chi connectivity index (χ4v) is 2.46. The van der Waals surface area contributed by atoms with Crippen molar-refractivity contribution in [2.45, 2.75) is 25.7 Å². The standard InChI is InChI=1S/C13H16N2O4/c16-13(17)10-6-5-7-11(12(10)15(18)19)14-8-3-1-2-4-9-14/h5-7H,1-4,8-9H2,(H,16,17). The van der Waals surface area contributed by atoms with E-state index >= 15 is 0 Å². The molecule has 102 valence electrons. The topological polar surface area (TPSA) is 83.7 Å². The number of aromatic carboxylic acids is 1. The molecule has 0 amide bonds. The number of anilines is 1. The first-order valence-corrected chi connectivity index (χ1v) is 6.37. The van der Waals surface area contributed by atoms with Gasteiger partial charge in [-0.15, -0.1) is 0 Å². The second kappa shape index (κ2) is 5.69.